The van der Waals surface area contributed by atoms with Crippen molar-refractivity contribution < 1.29 is 14.5 Å². The van der Waals surface area contributed by atoms with Gasteiger partial charge in [0.2, 0.25) is 0 Å². The van der Waals surface area contributed by atoms with Crippen LogP contribution in [0.5, 0.6) is 0 Å². The van der Waals surface area contributed by atoms with Crippen molar-refractivity contribution in [1.29, 1.82) is 5.26 Å². The summed E-state index contributed by atoms with van der Waals surface area (Å²) in [7, 11) is 0. The summed E-state index contributed by atoms with van der Waals surface area (Å²) in [5, 5.41) is 11.4. The molecule has 4 aliphatic carbocycles. The molecule has 2 aromatic rings. The molecule has 2 N–H and O–H groups in total. The smallest absolute Gasteiger partial charge is 0.278 e. The number of carbonyl (C=O) groups is 1. The van der Waals surface area contributed by atoms with E-state index < -0.39 is 0 Å². The monoisotopic (exact) mass is 418 g/mol. The molecule has 0 radical (unpaired) electrons. The fourth-order valence-electron chi connectivity index (χ4n) is 7.06. The number of amides is 1. The second kappa shape index (κ2) is 8.51. The normalized spacial score (nSPS) is 29.5. The molecule has 6 rings (SSSR count). The van der Waals surface area contributed by atoms with E-state index in [-0.39, 0.29) is 17.5 Å². The molecule has 5 heteroatoms. The van der Waals surface area contributed by atoms with Crippen LogP contribution in [0.15, 0.2) is 53.1 Å². The third-order valence-electron chi connectivity index (χ3n) is 7.86. The van der Waals surface area contributed by atoms with Crippen LogP contribution in [0, 0.1) is 29.1 Å². The Morgan fingerprint density at radius 1 is 1.10 bits per heavy atom. The lowest BCUT2D eigenvalue weighted by Crippen LogP contribution is -2.88. The fraction of sp³-hybridized carbons (Fsp3) is 0.538. The van der Waals surface area contributed by atoms with Crippen molar-refractivity contribution >= 4 is 5.91 Å². The van der Waals surface area contributed by atoms with Crippen LogP contribution in [0.3, 0.4) is 0 Å². The molecule has 1 heterocycles. The number of nitrogens with zero attached hydrogens (tertiary/aromatic N) is 2. The van der Waals surface area contributed by atoms with E-state index in [4.69, 9.17) is 4.42 Å². The molecule has 4 fully saturated rings. The number of rotatable bonds is 8. The Bertz CT molecular complexity index is 896. The minimum Gasteiger partial charge on any atom is -0.463 e. The van der Waals surface area contributed by atoms with Gasteiger partial charge >= 0.3 is 0 Å². The van der Waals surface area contributed by atoms with Crippen molar-refractivity contribution in [3.8, 4) is 6.07 Å². The average Bonchev–Trinajstić information content (AvgIpc) is 3.28. The number of hydrogen-bond acceptors (Lipinski definition) is 3. The highest BCUT2D eigenvalue weighted by molar-refractivity contribution is 5.78. The van der Waals surface area contributed by atoms with E-state index in [0.29, 0.717) is 19.5 Å². The van der Waals surface area contributed by atoms with Gasteiger partial charge in [-0.1, -0.05) is 30.3 Å². The van der Waals surface area contributed by atoms with Crippen molar-refractivity contribution in [3.05, 3.63) is 60.1 Å². The zero-order valence-electron chi connectivity index (χ0n) is 18.1. The first-order valence-electron chi connectivity index (χ1n) is 11.8. The standard InChI is InChI=1S/C26H31N3O2/c27-9-5-10-29(26-15-19-12-20(16-26)14-21(13-19)17-26)24(30)18-28-25(23-8-4-11-31-23)22-6-2-1-3-7-22/h1-4,6-8,11,19-21,25,28H,5,10,12-18H2/p+1/t19?,20?,21?,25-,26?/m0/s1. The third kappa shape index (κ3) is 4.02. The number of carbonyl (C=O) groups excluding carboxylic acids is 1. The minimum atomic E-state index is -0.0469. The van der Waals surface area contributed by atoms with Gasteiger partial charge in [0.1, 0.15) is 0 Å². The van der Waals surface area contributed by atoms with E-state index in [2.05, 4.69) is 28.4 Å². The van der Waals surface area contributed by atoms with Gasteiger partial charge in [0, 0.05) is 17.6 Å². The molecule has 1 aromatic carbocycles. The molecule has 31 heavy (non-hydrogen) atoms. The van der Waals surface area contributed by atoms with Gasteiger partial charge in [0.25, 0.3) is 5.91 Å². The maximum Gasteiger partial charge on any atom is 0.278 e. The summed E-state index contributed by atoms with van der Waals surface area (Å²) in [6.45, 7) is 0.930. The highest BCUT2D eigenvalue weighted by atomic mass is 16.3. The summed E-state index contributed by atoms with van der Waals surface area (Å²) in [5.74, 6) is 3.34. The van der Waals surface area contributed by atoms with Gasteiger partial charge in [-0.25, -0.2) is 0 Å². The number of nitrogens with two attached hydrogens (primary N) is 1. The van der Waals surface area contributed by atoms with Crippen LogP contribution in [0.2, 0.25) is 0 Å². The summed E-state index contributed by atoms with van der Waals surface area (Å²) < 4.78 is 5.71. The highest BCUT2D eigenvalue weighted by Gasteiger charge is 2.54. The lowest BCUT2D eigenvalue weighted by Gasteiger charge is -2.60. The summed E-state index contributed by atoms with van der Waals surface area (Å²) >= 11 is 0. The molecule has 1 atom stereocenters. The number of nitriles is 1. The summed E-state index contributed by atoms with van der Waals surface area (Å²) in [5.41, 5.74) is 1.12. The third-order valence-corrected chi connectivity index (χ3v) is 7.86. The van der Waals surface area contributed by atoms with E-state index in [0.717, 1.165) is 48.3 Å². The predicted octanol–water partition coefficient (Wildman–Crippen LogP) is 3.64. The first-order chi connectivity index (χ1) is 15.2. The first-order valence-corrected chi connectivity index (χ1v) is 11.8. The summed E-state index contributed by atoms with van der Waals surface area (Å²) in [6.07, 6.45) is 9.55. The highest BCUT2D eigenvalue weighted by Crippen LogP contribution is 2.57. The number of benzene rings is 1. The van der Waals surface area contributed by atoms with Gasteiger partial charge in [0.05, 0.1) is 18.8 Å². The molecular weight excluding hydrogens is 386 g/mol. The van der Waals surface area contributed by atoms with Crippen molar-refractivity contribution in [2.45, 2.75) is 56.5 Å². The molecule has 4 aliphatic rings. The van der Waals surface area contributed by atoms with Crippen LogP contribution in [-0.2, 0) is 4.79 Å². The Hall–Kier alpha value is -2.58. The molecular formula is C26H32N3O2+. The van der Waals surface area contributed by atoms with Crippen LogP contribution in [0.4, 0.5) is 0 Å². The van der Waals surface area contributed by atoms with Crippen molar-refractivity contribution in [2.24, 2.45) is 17.8 Å². The maximum atomic E-state index is 13.6. The van der Waals surface area contributed by atoms with Crippen LogP contribution in [0.1, 0.15) is 62.3 Å². The molecule has 0 aliphatic heterocycles. The lowest BCUT2D eigenvalue weighted by molar-refractivity contribution is -0.679. The van der Waals surface area contributed by atoms with Crippen LogP contribution in [-0.4, -0.2) is 29.4 Å². The van der Waals surface area contributed by atoms with E-state index in [1.165, 1.54) is 19.3 Å². The molecule has 0 unspecified atom stereocenters. The molecule has 5 nitrogen and oxygen atoms in total. The quantitative estimate of drug-likeness (QED) is 0.711. The number of quaternary nitrogens is 1. The Balaban J connectivity index is 1.35. The molecule has 1 amide bonds. The maximum absolute atomic E-state index is 13.6. The van der Waals surface area contributed by atoms with Gasteiger partial charge in [0.15, 0.2) is 18.3 Å². The molecule has 162 valence electrons. The van der Waals surface area contributed by atoms with E-state index >= 15 is 0 Å². The van der Waals surface area contributed by atoms with Gasteiger partial charge in [-0.15, -0.1) is 0 Å². The van der Waals surface area contributed by atoms with Crippen molar-refractivity contribution in [3.63, 3.8) is 0 Å². The fourth-order valence-corrected chi connectivity index (χ4v) is 7.06. The second-order valence-corrected chi connectivity index (χ2v) is 9.94. The van der Waals surface area contributed by atoms with E-state index in [1.54, 1.807) is 6.26 Å². The second-order valence-electron chi connectivity index (χ2n) is 9.94. The largest absolute Gasteiger partial charge is 0.463 e. The molecule has 4 bridgehead atoms. The van der Waals surface area contributed by atoms with Crippen LogP contribution >= 0.6 is 0 Å². The van der Waals surface area contributed by atoms with Gasteiger partial charge in [-0.2, -0.15) is 5.26 Å². The van der Waals surface area contributed by atoms with Crippen molar-refractivity contribution in [1.82, 2.24) is 4.90 Å². The Labute approximate surface area is 184 Å². The molecule has 4 saturated carbocycles. The predicted molar refractivity (Wildman–Crippen MR) is 117 cm³/mol. The Morgan fingerprint density at radius 2 is 1.77 bits per heavy atom. The first kappa shape index (κ1) is 20.3. The SMILES string of the molecule is N#CCCN(C(=O)C[NH2+][C@@H](c1ccccc1)c1ccco1)C12CC3CC(CC(C3)C1)C2. The molecule has 0 spiro atoms. The summed E-state index contributed by atoms with van der Waals surface area (Å²) in [6, 6.07) is 16.3. The van der Waals surface area contributed by atoms with E-state index in [1.807, 2.05) is 30.3 Å². The minimum absolute atomic E-state index is 0.0105. The molecule has 1 aromatic heterocycles. The van der Waals surface area contributed by atoms with Gasteiger partial charge in [-0.05, 0) is 68.4 Å². The number of furan rings is 1. The van der Waals surface area contributed by atoms with Crippen LogP contribution < -0.4 is 5.32 Å². The lowest BCUT2D eigenvalue weighted by atomic mass is 9.52. The number of hydrogen-bond donors (Lipinski definition) is 1. The average molecular weight is 419 g/mol. The topological polar surface area (TPSA) is 73.8 Å². The van der Waals surface area contributed by atoms with Gasteiger partial charge in [-0.3, -0.25) is 4.79 Å². The van der Waals surface area contributed by atoms with E-state index in [9.17, 15) is 10.1 Å². The Kier molecular flexibility index (Phi) is 5.58. The van der Waals surface area contributed by atoms with Gasteiger partial charge < -0.3 is 14.6 Å². The zero-order chi connectivity index (χ0) is 21.3. The summed E-state index contributed by atoms with van der Waals surface area (Å²) in [4.78, 5) is 15.8. The van der Waals surface area contributed by atoms with Crippen LogP contribution in [0.25, 0.3) is 0 Å². The molecule has 0 saturated heterocycles. The Morgan fingerprint density at radius 3 is 2.35 bits per heavy atom. The zero-order valence-corrected chi connectivity index (χ0v) is 18.1. The van der Waals surface area contributed by atoms with Crippen molar-refractivity contribution in [2.75, 3.05) is 13.1 Å².